The van der Waals surface area contributed by atoms with E-state index in [4.69, 9.17) is 4.74 Å². The number of hydrogen-bond acceptors (Lipinski definition) is 4. The number of aromatic nitrogens is 2. The zero-order chi connectivity index (χ0) is 11.5. The molecule has 0 bridgehead atoms. The third kappa shape index (κ3) is 2.23. The zero-order valence-corrected chi connectivity index (χ0v) is 9.43. The molecule has 2 atom stereocenters. The van der Waals surface area contributed by atoms with Crippen LogP contribution in [0.25, 0.3) is 0 Å². The van der Waals surface area contributed by atoms with E-state index in [2.05, 4.69) is 15.6 Å². The molecular formula is C10H16N4O2. The summed E-state index contributed by atoms with van der Waals surface area (Å²) >= 11 is 0. The molecule has 1 aliphatic heterocycles. The topological polar surface area (TPSA) is 68.2 Å². The van der Waals surface area contributed by atoms with Crippen molar-refractivity contribution < 1.29 is 9.53 Å². The first-order valence-corrected chi connectivity index (χ1v) is 5.23. The van der Waals surface area contributed by atoms with Crippen LogP contribution in [-0.2, 0) is 11.8 Å². The highest BCUT2D eigenvalue weighted by Gasteiger charge is 2.28. The van der Waals surface area contributed by atoms with Crippen molar-refractivity contribution in [3.63, 3.8) is 0 Å². The highest BCUT2D eigenvalue weighted by Crippen LogP contribution is 2.05. The number of hydrogen-bond donors (Lipinski definition) is 2. The molecular weight excluding hydrogens is 208 g/mol. The van der Waals surface area contributed by atoms with Crippen LogP contribution < -0.4 is 10.6 Å². The van der Waals surface area contributed by atoms with E-state index in [1.807, 2.05) is 7.05 Å². The van der Waals surface area contributed by atoms with Gasteiger partial charge in [-0.2, -0.15) is 0 Å². The summed E-state index contributed by atoms with van der Waals surface area (Å²) in [5, 5.41) is 6.08. The Morgan fingerprint density at radius 1 is 1.69 bits per heavy atom. The number of methoxy groups -OCH3 is 1. The Balaban J connectivity index is 1.97. The second-order valence-electron chi connectivity index (χ2n) is 3.94. The van der Waals surface area contributed by atoms with Gasteiger partial charge in [0.05, 0.1) is 18.5 Å². The summed E-state index contributed by atoms with van der Waals surface area (Å²) in [6.07, 6.45) is 3.34. The minimum atomic E-state index is -0.156. The fraction of sp³-hybridized carbons (Fsp3) is 0.600. The molecule has 1 fully saturated rings. The lowest BCUT2D eigenvalue weighted by Gasteiger charge is -2.17. The number of nitrogens with zero attached hydrogens (tertiary/aromatic N) is 2. The summed E-state index contributed by atoms with van der Waals surface area (Å²) < 4.78 is 7.01. The van der Waals surface area contributed by atoms with E-state index in [0.717, 1.165) is 13.1 Å². The number of rotatable bonds is 3. The van der Waals surface area contributed by atoms with Crippen molar-refractivity contribution in [2.75, 3.05) is 20.2 Å². The van der Waals surface area contributed by atoms with Crippen LogP contribution in [-0.4, -0.2) is 47.8 Å². The maximum absolute atomic E-state index is 11.8. The first-order valence-electron chi connectivity index (χ1n) is 5.23. The van der Waals surface area contributed by atoms with Gasteiger partial charge in [-0.05, 0) is 0 Å². The molecule has 1 unspecified atom stereocenters. The predicted molar refractivity (Wildman–Crippen MR) is 58.1 cm³/mol. The molecule has 1 aromatic rings. The SMILES string of the molecule is CO[C@H]1CNCC1NC(=O)c1cn(C)cn1. The van der Waals surface area contributed by atoms with E-state index in [-0.39, 0.29) is 18.1 Å². The zero-order valence-electron chi connectivity index (χ0n) is 9.43. The normalized spacial score (nSPS) is 24.6. The van der Waals surface area contributed by atoms with Crippen LogP contribution in [0.4, 0.5) is 0 Å². The van der Waals surface area contributed by atoms with Gasteiger partial charge in [-0.15, -0.1) is 0 Å². The lowest BCUT2D eigenvalue weighted by molar-refractivity contribution is 0.0776. The Labute approximate surface area is 94.0 Å². The Kier molecular flexibility index (Phi) is 3.21. The van der Waals surface area contributed by atoms with E-state index in [0.29, 0.717) is 5.69 Å². The Bertz CT molecular complexity index is 377. The number of aryl methyl sites for hydroxylation is 1. The Morgan fingerprint density at radius 2 is 2.50 bits per heavy atom. The molecule has 0 saturated carbocycles. The molecule has 0 radical (unpaired) electrons. The van der Waals surface area contributed by atoms with Crippen LogP contribution >= 0.6 is 0 Å². The highest BCUT2D eigenvalue weighted by atomic mass is 16.5. The van der Waals surface area contributed by atoms with Crippen molar-refractivity contribution in [3.05, 3.63) is 18.2 Å². The lowest BCUT2D eigenvalue weighted by atomic mass is 10.2. The smallest absolute Gasteiger partial charge is 0.271 e. The molecule has 2 rings (SSSR count). The van der Waals surface area contributed by atoms with Gasteiger partial charge in [0.1, 0.15) is 5.69 Å². The van der Waals surface area contributed by atoms with Crippen LogP contribution in [0.1, 0.15) is 10.5 Å². The van der Waals surface area contributed by atoms with Gasteiger partial charge >= 0.3 is 0 Å². The molecule has 1 aromatic heterocycles. The molecule has 0 spiro atoms. The maximum Gasteiger partial charge on any atom is 0.271 e. The average Bonchev–Trinajstić information content (AvgIpc) is 2.86. The number of carbonyl (C=O) groups is 1. The second-order valence-corrected chi connectivity index (χ2v) is 3.94. The van der Waals surface area contributed by atoms with Crippen molar-refractivity contribution in [1.29, 1.82) is 0 Å². The third-order valence-electron chi connectivity index (χ3n) is 2.72. The molecule has 1 aliphatic rings. The first kappa shape index (κ1) is 11.1. The van der Waals surface area contributed by atoms with Gasteiger partial charge in [0, 0.05) is 33.4 Å². The van der Waals surface area contributed by atoms with Gasteiger partial charge in [-0.1, -0.05) is 0 Å². The number of carbonyl (C=O) groups excluding carboxylic acids is 1. The van der Waals surface area contributed by atoms with Crippen LogP contribution in [0.2, 0.25) is 0 Å². The van der Waals surface area contributed by atoms with Crippen LogP contribution in [0.5, 0.6) is 0 Å². The molecule has 2 N–H and O–H groups in total. The third-order valence-corrected chi connectivity index (χ3v) is 2.72. The van der Waals surface area contributed by atoms with Crippen LogP contribution in [0.3, 0.4) is 0 Å². The fourth-order valence-corrected chi connectivity index (χ4v) is 1.82. The van der Waals surface area contributed by atoms with Gasteiger partial charge < -0.3 is 19.9 Å². The van der Waals surface area contributed by atoms with E-state index in [9.17, 15) is 4.79 Å². The molecule has 2 heterocycles. The van der Waals surface area contributed by atoms with Crippen LogP contribution in [0.15, 0.2) is 12.5 Å². The monoisotopic (exact) mass is 224 g/mol. The van der Waals surface area contributed by atoms with Crippen molar-refractivity contribution in [3.8, 4) is 0 Å². The number of imidazole rings is 1. The summed E-state index contributed by atoms with van der Waals surface area (Å²) in [7, 11) is 3.48. The minimum absolute atomic E-state index is 0.0134. The fourth-order valence-electron chi connectivity index (χ4n) is 1.82. The van der Waals surface area contributed by atoms with Gasteiger partial charge in [0.2, 0.25) is 0 Å². The summed E-state index contributed by atoms with van der Waals surface area (Å²) in [6.45, 7) is 1.50. The molecule has 16 heavy (non-hydrogen) atoms. The van der Waals surface area contributed by atoms with Crippen molar-refractivity contribution >= 4 is 5.91 Å². The van der Waals surface area contributed by atoms with Gasteiger partial charge in [0.15, 0.2) is 0 Å². The number of amides is 1. The van der Waals surface area contributed by atoms with E-state index < -0.39 is 0 Å². The average molecular weight is 224 g/mol. The van der Waals surface area contributed by atoms with Crippen molar-refractivity contribution in [2.45, 2.75) is 12.1 Å². The molecule has 1 saturated heterocycles. The summed E-state index contributed by atoms with van der Waals surface area (Å²) in [5.41, 5.74) is 0.434. The van der Waals surface area contributed by atoms with Crippen molar-refractivity contribution in [1.82, 2.24) is 20.2 Å². The number of ether oxygens (including phenoxy) is 1. The second kappa shape index (κ2) is 4.63. The summed E-state index contributed by atoms with van der Waals surface area (Å²) in [5.74, 6) is -0.156. The predicted octanol–water partition coefficient (Wildman–Crippen LogP) is -0.863. The van der Waals surface area contributed by atoms with Crippen LogP contribution in [0, 0.1) is 0 Å². The molecule has 0 aliphatic carbocycles. The largest absolute Gasteiger partial charge is 0.378 e. The quantitative estimate of drug-likeness (QED) is 0.701. The Morgan fingerprint density at radius 3 is 3.12 bits per heavy atom. The highest BCUT2D eigenvalue weighted by molar-refractivity contribution is 5.92. The molecule has 0 aromatic carbocycles. The van der Waals surface area contributed by atoms with Gasteiger partial charge in [0.25, 0.3) is 5.91 Å². The summed E-state index contributed by atoms with van der Waals surface area (Å²) in [4.78, 5) is 15.8. The van der Waals surface area contributed by atoms with E-state index in [1.54, 1.807) is 24.2 Å². The first-order chi connectivity index (χ1) is 7.70. The van der Waals surface area contributed by atoms with E-state index in [1.165, 1.54) is 0 Å². The molecule has 6 heteroatoms. The van der Waals surface area contributed by atoms with Crippen molar-refractivity contribution in [2.24, 2.45) is 7.05 Å². The standard InChI is InChI=1S/C10H16N4O2/c1-14-5-8(12-6-14)10(15)13-7-3-11-4-9(7)16-2/h5-7,9,11H,3-4H2,1-2H3,(H,13,15)/t7?,9-/m0/s1. The molecule has 88 valence electrons. The number of nitrogens with one attached hydrogen (secondary N) is 2. The van der Waals surface area contributed by atoms with Gasteiger partial charge in [-0.25, -0.2) is 4.98 Å². The maximum atomic E-state index is 11.8. The lowest BCUT2D eigenvalue weighted by Crippen LogP contribution is -2.43. The molecule has 6 nitrogen and oxygen atoms in total. The Hall–Kier alpha value is -1.40. The van der Waals surface area contributed by atoms with E-state index >= 15 is 0 Å². The van der Waals surface area contributed by atoms with Gasteiger partial charge in [-0.3, -0.25) is 4.79 Å². The summed E-state index contributed by atoms with van der Waals surface area (Å²) in [6, 6.07) is 0.0134. The minimum Gasteiger partial charge on any atom is -0.378 e. The molecule has 1 amide bonds.